The van der Waals surface area contributed by atoms with Crippen LogP contribution in [0.5, 0.6) is 0 Å². The van der Waals surface area contributed by atoms with E-state index in [4.69, 9.17) is 11.6 Å². The predicted octanol–water partition coefficient (Wildman–Crippen LogP) is 3.95. The number of pyridine rings is 1. The summed E-state index contributed by atoms with van der Waals surface area (Å²) >= 11 is 5.91. The van der Waals surface area contributed by atoms with Crippen molar-refractivity contribution in [3.8, 4) is 0 Å². The van der Waals surface area contributed by atoms with Gasteiger partial charge < -0.3 is 10.6 Å². The van der Waals surface area contributed by atoms with E-state index in [0.717, 1.165) is 18.2 Å². The molecule has 1 aromatic carbocycles. The van der Waals surface area contributed by atoms with E-state index in [2.05, 4.69) is 15.6 Å². The molecule has 0 saturated heterocycles. The first-order valence-electron chi connectivity index (χ1n) is 7.46. The van der Waals surface area contributed by atoms with Crippen molar-refractivity contribution in [3.05, 3.63) is 57.7 Å². The van der Waals surface area contributed by atoms with E-state index < -0.39 is 17.6 Å². The third-order valence-electron chi connectivity index (χ3n) is 3.33. The van der Waals surface area contributed by atoms with Crippen LogP contribution >= 0.6 is 11.6 Å². The quantitative estimate of drug-likeness (QED) is 0.837. The normalized spacial score (nSPS) is 11.2. The van der Waals surface area contributed by atoms with E-state index in [1.807, 2.05) is 0 Å². The van der Waals surface area contributed by atoms with Crippen molar-refractivity contribution < 1.29 is 22.8 Å². The topological polar surface area (TPSA) is 71.1 Å². The molecule has 0 fully saturated rings. The van der Waals surface area contributed by atoms with Crippen molar-refractivity contribution in [2.24, 2.45) is 0 Å². The Morgan fingerprint density at radius 2 is 1.88 bits per heavy atom. The fourth-order valence-corrected chi connectivity index (χ4v) is 2.39. The molecule has 9 heteroatoms. The molecular formula is C17H15ClF3N3O2. The molecule has 0 spiro atoms. The van der Waals surface area contributed by atoms with Crippen LogP contribution < -0.4 is 10.6 Å². The van der Waals surface area contributed by atoms with Crippen LogP contribution in [-0.2, 0) is 17.5 Å². The number of hydrogen-bond acceptors (Lipinski definition) is 3. The summed E-state index contributed by atoms with van der Waals surface area (Å²) in [4.78, 5) is 27.5. The number of nitrogens with zero attached hydrogens (tertiary/aromatic N) is 1. The number of aryl methyl sites for hydroxylation is 1. The van der Waals surface area contributed by atoms with Crippen LogP contribution in [0, 0.1) is 6.92 Å². The van der Waals surface area contributed by atoms with Crippen molar-refractivity contribution in [3.63, 3.8) is 0 Å². The zero-order chi connectivity index (χ0) is 19.5. The van der Waals surface area contributed by atoms with Crippen LogP contribution in [0.15, 0.2) is 30.3 Å². The maximum atomic E-state index is 12.8. The lowest BCUT2D eigenvalue weighted by Gasteiger charge is -2.12. The summed E-state index contributed by atoms with van der Waals surface area (Å²) in [6.45, 7) is 2.77. The number of benzene rings is 1. The largest absolute Gasteiger partial charge is 0.416 e. The Labute approximate surface area is 152 Å². The third-order valence-corrected chi connectivity index (χ3v) is 3.70. The number of hydrogen-bond donors (Lipinski definition) is 2. The van der Waals surface area contributed by atoms with Crippen LogP contribution in [0.1, 0.15) is 34.1 Å². The van der Waals surface area contributed by atoms with Gasteiger partial charge in [0.05, 0.1) is 5.56 Å². The van der Waals surface area contributed by atoms with Gasteiger partial charge in [-0.3, -0.25) is 9.59 Å². The lowest BCUT2D eigenvalue weighted by atomic mass is 10.1. The fourth-order valence-electron chi connectivity index (χ4n) is 2.21. The van der Waals surface area contributed by atoms with Gasteiger partial charge in [0.15, 0.2) is 0 Å². The summed E-state index contributed by atoms with van der Waals surface area (Å²) in [5, 5.41) is 5.10. The second-order valence-corrected chi connectivity index (χ2v) is 5.96. The van der Waals surface area contributed by atoms with E-state index in [9.17, 15) is 22.8 Å². The van der Waals surface area contributed by atoms with Crippen LogP contribution in [0.3, 0.4) is 0 Å². The molecule has 0 aliphatic carbocycles. The van der Waals surface area contributed by atoms with Crippen LogP contribution in [0.2, 0.25) is 5.02 Å². The number of amides is 2. The van der Waals surface area contributed by atoms with Crippen LogP contribution in [0.25, 0.3) is 0 Å². The number of aromatic nitrogens is 1. The van der Waals surface area contributed by atoms with Crippen molar-refractivity contribution in [2.75, 3.05) is 5.32 Å². The van der Waals surface area contributed by atoms with E-state index in [1.165, 1.54) is 19.1 Å². The summed E-state index contributed by atoms with van der Waals surface area (Å²) in [6, 6.07) is 5.77. The second kappa shape index (κ2) is 7.74. The van der Waals surface area contributed by atoms with Gasteiger partial charge >= 0.3 is 6.18 Å². The number of anilines is 1. The highest BCUT2D eigenvalue weighted by Crippen LogP contribution is 2.31. The number of carbonyl (C=O) groups excluding carboxylic acids is 2. The maximum absolute atomic E-state index is 12.8. The zero-order valence-corrected chi connectivity index (χ0v) is 14.6. The van der Waals surface area contributed by atoms with Gasteiger partial charge in [-0.2, -0.15) is 13.2 Å². The lowest BCUT2D eigenvalue weighted by Crippen LogP contribution is -2.24. The Kier molecular flexibility index (Phi) is 5.86. The summed E-state index contributed by atoms with van der Waals surface area (Å²) in [5.41, 5.74) is 0.00408. The fraction of sp³-hybridized carbons (Fsp3) is 0.235. The number of halogens is 4. The Balaban J connectivity index is 2.16. The Morgan fingerprint density at radius 3 is 2.50 bits per heavy atom. The molecule has 0 atom stereocenters. The molecule has 0 bridgehead atoms. The molecule has 2 rings (SSSR count). The van der Waals surface area contributed by atoms with Gasteiger partial charge in [-0.25, -0.2) is 4.98 Å². The number of carbonyl (C=O) groups is 2. The third kappa shape index (κ3) is 5.19. The molecule has 1 aromatic heterocycles. The van der Waals surface area contributed by atoms with Gasteiger partial charge in [0.25, 0.3) is 5.91 Å². The summed E-state index contributed by atoms with van der Waals surface area (Å²) < 4.78 is 38.4. The van der Waals surface area contributed by atoms with Crippen molar-refractivity contribution in [1.29, 1.82) is 0 Å². The number of nitrogens with one attached hydrogen (secondary N) is 2. The Morgan fingerprint density at radius 1 is 1.19 bits per heavy atom. The van der Waals surface area contributed by atoms with E-state index in [1.54, 1.807) is 6.92 Å². The second-order valence-electron chi connectivity index (χ2n) is 5.55. The van der Waals surface area contributed by atoms with Gasteiger partial charge in [0, 0.05) is 29.7 Å². The Bertz CT molecular complexity index is 854. The maximum Gasteiger partial charge on any atom is 0.416 e. The monoisotopic (exact) mass is 385 g/mol. The van der Waals surface area contributed by atoms with E-state index in [-0.39, 0.29) is 34.4 Å². The smallest absolute Gasteiger partial charge is 0.348 e. The highest BCUT2D eigenvalue weighted by atomic mass is 35.5. The van der Waals surface area contributed by atoms with Gasteiger partial charge in [0.2, 0.25) is 5.91 Å². The first-order valence-corrected chi connectivity index (χ1v) is 7.84. The summed E-state index contributed by atoms with van der Waals surface area (Å²) in [6.07, 6.45) is -4.50. The van der Waals surface area contributed by atoms with Crippen molar-refractivity contribution in [2.45, 2.75) is 26.6 Å². The molecule has 2 N–H and O–H groups in total. The number of rotatable bonds is 4. The molecule has 0 aliphatic rings. The van der Waals surface area contributed by atoms with Gasteiger partial charge in [-0.05, 0) is 42.8 Å². The van der Waals surface area contributed by atoms with Crippen molar-refractivity contribution in [1.82, 2.24) is 10.3 Å². The molecule has 2 aromatic rings. The minimum atomic E-state index is -4.50. The standard InChI is InChI=1S/C17H15ClF3N3O2/c1-9-5-11(7-15(23-9)24-10(2)25)16(26)22-8-12-6-13(17(19,20)21)3-4-14(12)18/h3-7H,8H2,1-2H3,(H,22,26)(H,23,24,25). The molecule has 26 heavy (non-hydrogen) atoms. The summed E-state index contributed by atoms with van der Waals surface area (Å²) in [7, 11) is 0. The molecule has 0 saturated carbocycles. The molecule has 0 radical (unpaired) electrons. The first kappa shape index (κ1) is 19.7. The predicted molar refractivity (Wildman–Crippen MR) is 90.9 cm³/mol. The minimum absolute atomic E-state index is 0.114. The van der Waals surface area contributed by atoms with Gasteiger partial charge in [-0.15, -0.1) is 0 Å². The minimum Gasteiger partial charge on any atom is -0.348 e. The highest BCUT2D eigenvalue weighted by molar-refractivity contribution is 6.31. The highest BCUT2D eigenvalue weighted by Gasteiger charge is 2.30. The average molecular weight is 386 g/mol. The SMILES string of the molecule is CC(=O)Nc1cc(C(=O)NCc2cc(C(F)(F)F)ccc2Cl)cc(C)n1. The van der Waals surface area contributed by atoms with Gasteiger partial charge in [-0.1, -0.05) is 11.6 Å². The molecule has 0 unspecified atom stereocenters. The molecule has 138 valence electrons. The van der Waals surface area contributed by atoms with Gasteiger partial charge in [0.1, 0.15) is 5.82 Å². The zero-order valence-electron chi connectivity index (χ0n) is 13.9. The molecule has 5 nitrogen and oxygen atoms in total. The van der Waals surface area contributed by atoms with E-state index in [0.29, 0.717) is 5.69 Å². The summed E-state index contributed by atoms with van der Waals surface area (Å²) in [5.74, 6) is -0.666. The lowest BCUT2D eigenvalue weighted by molar-refractivity contribution is -0.137. The molecule has 0 aliphatic heterocycles. The Hall–Kier alpha value is -2.61. The molecular weight excluding hydrogens is 371 g/mol. The van der Waals surface area contributed by atoms with Crippen LogP contribution in [0.4, 0.5) is 19.0 Å². The van der Waals surface area contributed by atoms with Crippen molar-refractivity contribution >= 4 is 29.2 Å². The van der Waals surface area contributed by atoms with E-state index >= 15 is 0 Å². The first-order chi connectivity index (χ1) is 12.1. The average Bonchev–Trinajstić information content (AvgIpc) is 2.51. The number of alkyl halides is 3. The molecule has 1 heterocycles. The molecule has 2 amide bonds. The van der Waals surface area contributed by atoms with Crippen LogP contribution in [-0.4, -0.2) is 16.8 Å².